The molecule has 0 amide bonds. The maximum absolute atomic E-state index is 11.9. The second-order valence-corrected chi connectivity index (χ2v) is 5.39. The van der Waals surface area contributed by atoms with Gasteiger partial charge in [0.2, 0.25) is 5.75 Å². The van der Waals surface area contributed by atoms with Crippen molar-refractivity contribution >= 4 is 12.0 Å². The van der Waals surface area contributed by atoms with Crippen LogP contribution in [0.25, 0.3) is 6.08 Å². The summed E-state index contributed by atoms with van der Waals surface area (Å²) in [4.78, 5) is 11.9. The van der Waals surface area contributed by atoms with Crippen LogP contribution in [0, 0.1) is 6.92 Å². The van der Waals surface area contributed by atoms with E-state index in [4.69, 9.17) is 18.9 Å². The lowest BCUT2D eigenvalue weighted by Crippen LogP contribution is -2.01. The second kappa shape index (κ2) is 8.78. The molecule has 0 atom stereocenters. The molecule has 0 N–H and O–H groups in total. The van der Waals surface area contributed by atoms with Gasteiger partial charge in [0.15, 0.2) is 11.5 Å². The minimum Gasteiger partial charge on any atom is -0.493 e. The highest BCUT2D eigenvalue weighted by atomic mass is 16.5. The van der Waals surface area contributed by atoms with Crippen molar-refractivity contribution in [1.82, 2.24) is 0 Å². The number of benzene rings is 2. The van der Waals surface area contributed by atoms with Gasteiger partial charge in [0, 0.05) is 6.08 Å². The number of methoxy groups -OCH3 is 3. The minimum atomic E-state index is -0.421. The van der Waals surface area contributed by atoms with Gasteiger partial charge in [-0.05, 0) is 36.3 Å². The first kappa shape index (κ1) is 18.4. The summed E-state index contributed by atoms with van der Waals surface area (Å²) in [6.07, 6.45) is 3.01. The highest BCUT2D eigenvalue weighted by Gasteiger charge is 2.12. The molecular weight excluding hydrogens is 320 g/mol. The predicted molar refractivity (Wildman–Crippen MR) is 96.1 cm³/mol. The fraction of sp³-hybridized carbons (Fsp3) is 0.250. The van der Waals surface area contributed by atoms with Crippen molar-refractivity contribution in [2.45, 2.75) is 13.5 Å². The zero-order valence-corrected chi connectivity index (χ0v) is 14.9. The van der Waals surface area contributed by atoms with E-state index in [9.17, 15) is 4.79 Å². The molecule has 0 unspecified atom stereocenters. The van der Waals surface area contributed by atoms with E-state index in [0.29, 0.717) is 17.2 Å². The summed E-state index contributed by atoms with van der Waals surface area (Å²) in [5.74, 6) is 1.13. The van der Waals surface area contributed by atoms with E-state index in [1.165, 1.54) is 6.08 Å². The molecule has 0 aliphatic carbocycles. The molecule has 2 aromatic carbocycles. The van der Waals surface area contributed by atoms with Crippen molar-refractivity contribution in [2.75, 3.05) is 21.3 Å². The van der Waals surface area contributed by atoms with Gasteiger partial charge in [-0.3, -0.25) is 0 Å². The van der Waals surface area contributed by atoms with Gasteiger partial charge in [-0.1, -0.05) is 29.8 Å². The maximum Gasteiger partial charge on any atom is 0.331 e. The van der Waals surface area contributed by atoms with E-state index in [1.807, 2.05) is 31.2 Å². The van der Waals surface area contributed by atoms with Crippen LogP contribution in [-0.4, -0.2) is 27.3 Å². The number of esters is 1. The molecule has 0 aliphatic heterocycles. The Kier molecular flexibility index (Phi) is 6.46. The molecule has 0 radical (unpaired) electrons. The van der Waals surface area contributed by atoms with Crippen LogP contribution in [0.3, 0.4) is 0 Å². The van der Waals surface area contributed by atoms with Gasteiger partial charge < -0.3 is 18.9 Å². The smallest absolute Gasteiger partial charge is 0.331 e. The zero-order chi connectivity index (χ0) is 18.2. The van der Waals surface area contributed by atoms with Crippen molar-refractivity contribution in [3.05, 3.63) is 59.2 Å². The summed E-state index contributed by atoms with van der Waals surface area (Å²) in [5, 5.41) is 0. The van der Waals surface area contributed by atoms with Gasteiger partial charge in [0.1, 0.15) is 6.61 Å². The molecule has 2 rings (SSSR count). The van der Waals surface area contributed by atoms with Gasteiger partial charge in [-0.2, -0.15) is 0 Å². The molecule has 0 fully saturated rings. The normalized spacial score (nSPS) is 10.6. The summed E-state index contributed by atoms with van der Waals surface area (Å²) in [5.41, 5.74) is 2.82. The minimum absolute atomic E-state index is 0.236. The Labute approximate surface area is 147 Å². The molecule has 5 nitrogen and oxygen atoms in total. The van der Waals surface area contributed by atoms with Gasteiger partial charge in [-0.25, -0.2) is 4.79 Å². The van der Waals surface area contributed by atoms with Crippen LogP contribution in [-0.2, 0) is 16.1 Å². The van der Waals surface area contributed by atoms with Crippen molar-refractivity contribution in [2.24, 2.45) is 0 Å². The van der Waals surface area contributed by atoms with E-state index in [1.54, 1.807) is 39.5 Å². The summed E-state index contributed by atoms with van der Waals surface area (Å²) in [6, 6.07) is 11.3. The third-order valence-corrected chi connectivity index (χ3v) is 3.56. The van der Waals surface area contributed by atoms with Crippen molar-refractivity contribution in [1.29, 1.82) is 0 Å². The summed E-state index contributed by atoms with van der Waals surface area (Å²) in [7, 11) is 4.63. The monoisotopic (exact) mass is 342 g/mol. The SMILES string of the molecule is COc1cc(/C=C/C(=O)OCc2cccc(C)c2)cc(OC)c1OC. The molecule has 132 valence electrons. The lowest BCUT2D eigenvalue weighted by molar-refractivity contribution is -0.138. The Morgan fingerprint density at radius 2 is 1.68 bits per heavy atom. The van der Waals surface area contributed by atoms with Gasteiger partial charge in [0.05, 0.1) is 21.3 Å². The predicted octanol–water partition coefficient (Wildman–Crippen LogP) is 3.78. The van der Waals surface area contributed by atoms with Crippen LogP contribution < -0.4 is 14.2 Å². The number of carbonyl (C=O) groups excluding carboxylic acids is 1. The number of ether oxygens (including phenoxy) is 4. The maximum atomic E-state index is 11.9. The van der Waals surface area contributed by atoms with E-state index in [2.05, 4.69) is 0 Å². The van der Waals surface area contributed by atoms with Gasteiger partial charge in [0.25, 0.3) is 0 Å². The molecule has 0 spiro atoms. The van der Waals surface area contributed by atoms with Gasteiger partial charge in [-0.15, -0.1) is 0 Å². The average molecular weight is 342 g/mol. The molecule has 0 heterocycles. The quantitative estimate of drug-likeness (QED) is 0.566. The molecule has 2 aromatic rings. The Bertz CT molecular complexity index is 739. The molecular formula is C20H22O5. The van der Waals surface area contributed by atoms with Crippen molar-refractivity contribution in [3.63, 3.8) is 0 Å². The Morgan fingerprint density at radius 1 is 1.00 bits per heavy atom. The van der Waals surface area contributed by atoms with Crippen LogP contribution in [0.5, 0.6) is 17.2 Å². The van der Waals surface area contributed by atoms with Crippen LogP contribution >= 0.6 is 0 Å². The van der Waals surface area contributed by atoms with Gasteiger partial charge >= 0.3 is 5.97 Å². The second-order valence-electron chi connectivity index (χ2n) is 5.39. The first-order valence-electron chi connectivity index (χ1n) is 7.77. The molecule has 0 aromatic heterocycles. The Hall–Kier alpha value is -2.95. The molecule has 0 bridgehead atoms. The standard InChI is InChI=1S/C20H22O5/c1-14-6-5-7-16(10-14)13-25-19(21)9-8-15-11-17(22-2)20(24-4)18(12-15)23-3/h5-12H,13H2,1-4H3/b9-8+. The fourth-order valence-electron chi connectivity index (χ4n) is 2.37. The van der Waals surface area contributed by atoms with Crippen molar-refractivity contribution in [3.8, 4) is 17.2 Å². The van der Waals surface area contributed by atoms with Crippen LogP contribution in [0.15, 0.2) is 42.5 Å². The zero-order valence-electron chi connectivity index (χ0n) is 14.9. The Balaban J connectivity index is 2.06. The van der Waals surface area contributed by atoms with Crippen molar-refractivity contribution < 1.29 is 23.7 Å². The highest BCUT2D eigenvalue weighted by molar-refractivity contribution is 5.87. The van der Waals surface area contributed by atoms with E-state index in [0.717, 1.165) is 16.7 Å². The number of rotatable bonds is 7. The molecule has 25 heavy (non-hydrogen) atoms. The lowest BCUT2D eigenvalue weighted by Gasteiger charge is -2.12. The van der Waals surface area contributed by atoms with Crippen LogP contribution in [0.2, 0.25) is 0 Å². The molecule has 5 heteroatoms. The van der Waals surface area contributed by atoms with Crippen LogP contribution in [0.1, 0.15) is 16.7 Å². The Morgan fingerprint density at radius 3 is 2.24 bits per heavy atom. The summed E-state index contributed by atoms with van der Waals surface area (Å²) >= 11 is 0. The number of hydrogen-bond acceptors (Lipinski definition) is 5. The third kappa shape index (κ3) is 5.01. The summed E-state index contributed by atoms with van der Waals surface area (Å²) in [6.45, 7) is 2.23. The molecule has 0 saturated carbocycles. The topological polar surface area (TPSA) is 54.0 Å². The lowest BCUT2D eigenvalue weighted by atomic mass is 10.1. The number of hydrogen-bond donors (Lipinski definition) is 0. The van der Waals surface area contributed by atoms with E-state index >= 15 is 0 Å². The summed E-state index contributed by atoms with van der Waals surface area (Å²) < 4.78 is 21.1. The largest absolute Gasteiger partial charge is 0.493 e. The first-order chi connectivity index (χ1) is 12.1. The average Bonchev–Trinajstić information content (AvgIpc) is 2.63. The third-order valence-electron chi connectivity index (χ3n) is 3.56. The number of carbonyl (C=O) groups is 1. The fourth-order valence-corrected chi connectivity index (χ4v) is 2.37. The first-order valence-corrected chi connectivity index (χ1v) is 7.77. The van der Waals surface area contributed by atoms with E-state index in [-0.39, 0.29) is 6.61 Å². The van der Waals surface area contributed by atoms with E-state index < -0.39 is 5.97 Å². The van der Waals surface area contributed by atoms with Crippen LogP contribution in [0.4, 0.5) is 0 Å². The highest BCUT2D eigenvalue weighted by Crippen LogP contribution is 2.38. The molecule has 0 aliphatic rings. The molecule has 0 saturated heterocycles. The number of aryl methyl sites for hydroxylation is 1.